The van der Waals surface area contributed by atoms with Crippen LogP contribution in [-0.2, 0) is 4.79 Å². The van der Waals surface area contributed by atoms with Crippen molar-refractivity contribution in [1.29, 1.82) is 5.26 Å². The number of halogens is 1. The summed E-state index contributed by atoms with van der Waals surface area (Å²) in [6.45, 7) is 0. The summed E-state index contributed by atoms with van der Waals surface area (Å²) in [5.41, 5.74) is 6.58. The van der Waals surface area contributed by atoms with Crippen LogP contribution in [0, 0.1) is 21.4 Å². The first-order valence-electron chi connectivity index (χ1n) is 6.88. The Morgan fingerprint density at radius 3 is 2.44 bits per heavy atom. The molecule has 2 aromatic carbocycles. The minimum Gasteiger partial charge on any atom is -0.398 e. The predicted octanol–water partition coefficient (Wildman–Crippen LogP) is 3.29. The number of hydrogen-bond acceptors (Lipinski definition) is 6. The number of carbonyl (C=O) groups excluding carboxylic acids is 1. The largest absolute Gasteiger partial charge is 0.398 e. The lowest BCUT2D eigenvalue weighted by molar-refractivity contribution is -0.384. The van der Waals surface area contributed by atoms with Gasteiger partial charge in [-0.15, -0.1) is 0 Å². The number of nitro groups is 1. The van der Waals surface area contributed by atoms with Crippen molar-refractivity contribution in [2.45, 2.75) is 0 Å². The van der Waals surface area contributed by atoms with Crippen molar-refractivity contribution in [3.05, 3.63) is 69.4 Å². The van der Waals surface area contributed by atoms with E-state index in [0.29, 0.717) is 17.1 Å². The fourth-order valence-corrected chi connectivity index (χ4v) is 1.97. The second-order valence-electron chi connectivity index (χ2n) is 4.81. The summed E-state index contributed by atoms with van der Waals surface area (Å²) in [6.07, 6.45) is 1.20. The van der Waals surface area contributed by atoms with E-state index in [1.807, 2.05) is 0 Å². The van der Waals surface area contributed by atoms with Gasteiger partial charge in [-0.3, -0.25) is 14.9 Å². The number of non-ortho nitro benzene ring substituents is 1. The van der Waals surface area contributed by atoms with E-state index >= 15 is 0 Å². The van der Waals surface area contributed by atoms with Gasteiger partial charge in [-0.2, -0.15) is 5.26 Å². The lowest BCUT2D eigenvalue weighted by atomic mass is 10.2. The summed E-state index contributed by atoms with van der Waals surface area (Å²) in [5.74, 6) is -0.641. The number of nitro benzene ring substituents is 1. The van der Waals surface area contributed by atoms with Gasteiger partial charge in [0.25, 0.3) is 11.6 Å². The van der Waals surface area contributed by atoms with E-state index in [-0.39, 0.29) is 16.3 Å². The maximum atomic E-state index is 12.1. The van der Waals surface area contributed by atoms with Crippen molar-refractivity contribution in [2.75, 3.05) is 16.4 Å². The molecule has 8 nitrogen and oxygen atoms in total. The average molecular weight is 358 g/mol. The van der Waals surface area contributed by atoms with Crippen LogP contribution in [-0.4, -0.2) is 10.8 Å². The minimum atomic E-state index is -0.641. The zero-order valence-electron chi connectivity index (χ0n) is 12.7. The zero-order chi connectivity index (χ0) is 18.4. The second kappa shape index (κ2) is 7.81. The number of rotatable bonds is 5. The van der Waals surface area contributed by atoms with E-state index in [4.69, 9.17) is 22.6 Å². The SMILES string of the molecule is N#C/C(=C/Nc1ccc([N+](=O)[O-])cc1)C(=O)Nc1ccc(N)c(Cl)c1. The molecule has 9 heteroatoms. The zero-order valence-corrected chi connectivity index (χ0v) is 13.4. The minimum absolute atomic E-state index is 0.0620. The summed E-state index contributed by atoms with van der Waals surface area (Å²) in [7, 11) is 0. The third-order valence-corrected chi connectivity index (χ3v) is 3.41. The van der Waals surface area contributed by atoms with Crippen LogP contribution in [0.2, 0.25) is 5.02 Å². The number of anilines is 3. The van der Waals surface area contributed by atoms with Crippen LogP contribution in [0.5, 0.6) is 0 Å². The molecule has 0 aliphatic heterocycles. The average Bonchev–Trinajstić information content (AvgIpc) is 2.59. The highest BCUT2D eigenvalue weighted by atomic mass is 35.5. The number of carbonyl (C=O) groups is 1. The Labute approximate surface area is 147 Å². The molecular weight excluding hydrogens is 346 g/mol. The van der Waals surface area contributed by atoms with Crippen molar-refractivity contribution in [3.63, 3.8) is 0 Å². The molecule has 0 aliphatic rings. The molecule has 4 N–H and O–H groups in total. The Kier molecular flexibility index (Phi) is 5.55. The molecule has 0 fully saturated rings. The highest BCUT2D eigenvalue weighted by Gasteiger charge is 2.10. The first kappa shape index (κ1) is 17.8. The molecule has 0 radical (unpaired) electrons. The van der Waals surface area contributed by atoms with Gasteiger partial charge >= 0.3 is 0 Å². The van der Waals surface area contributed by atoms with Gasteiger partial charge in [-0.25, -0.2) is 0 Å². The van der Waals surface area contributed by atoms with E-state index in [9.17, 15) is 14.9 Å². The fourth-order valence-electron chi connectivity index (χ4n) is 1.79. The molecule has 0 heterocycles. The first-order chi connectivity index (χ1) is 11.9. The smallest absolute Gasteiger partial charge is 0.269 e. The monoisotopic (exact) mass is 357 g/mol. The number of nitrogen functional groups attached to an aromatic ring is 1. The number of nitriles is 1. The molecule has 0 bridgehead atoms. The van der Waals surface area contributed by atoms with Gasteiger partial charge in [0.2, 0.25) is 0 Å². The first-order valence-corrected chi connectivity index (χ1v) is 7.26. The molecule has 0 spiro atoms. The Bertz CT molecular complexity index is 888. The summed E-state index contributed by atoms with van der Waals surface area (Å²) in [5, 5.41) is 25.2. The topological polar surface area (TPSA) is 134 Å². The van der Waals surface area contributed by atoms with E-state index < -0.39 is 10.8 Å². The fraction of sp³-hybridized carbons (Fsp3) is 0. The molecule has 2 rings (SSSR count). The van der Waals surface area contributed by atoms with E-state index in [2.05, 4.69) is 10.6 Å². The third-order valence-electron chi connectivity index (χ3n) is 3.08. The van der Waals surface area contributed by atoms with E-state index in [1.54, 1.807) is 12.1 Å². The van der Waals surface area contributed by atoms with Gasteiger partial charge in [0.15, 0.2) is 0 Å². The van der Waals surface area contributed by atoms with Crippen LogP contribution in [0.25, 0.3) is 0 Å². The maximum Gasteiger partial charge on any atom is 0.269 e. The standard InChI is InChI=1S/C16H12ClN5O3/c17-14-7-12(3-6-15(14)19)21-16(23)10(8-18)9-20-11-1-4-13(5-2-11)22(24)25/h1-7,9,20H,19H2,(H,21,23)/b10-9-. The molecular formula is C16H12ClN5O3. The molecule has 0 saturated carbocycles. The van der Waals surface area contributed by atoms with E-state index in [0.717, 1.165) is 0 Å². The molecule has 126 valence electrons. The summed E-state index contributed by atoms with van der Waals surface area (Å²) in [4.78, 5) is 22.2. The highest BCUT2D eigenvalue weighted by molar-refractivity contribution is 6.33. The molecule has 1 amide bonds. The Hall–Kier alpha value is -3.57. The van der Waals surface area contributed by atoms with Crippen LogP contribution in [0.1, 0.15) is 0 Å². The third kappa shape index (κ3) is 4.70. The molecule has 25 heavy (non-hydrogen) atoms. The van der Waals surface area contributed by atoms with E-state index in [1.165, 1.54) is 42.6 Å². The molecule has 2 aromatic rings. The summed E-state index contributed by atoms with van der Waals surface area (Å²) < 4.78 is 0. The van der Waals surface area contributed by atoms with Crippen molar-refractivity contribution in [2.24, 2.45) is 0 Å². The van der Waals surface area contributed by atoms with Crippen molar-refractivity contribution >= 4 is 40.3 Å². The maximum absolute atomic E-state index is 12.1. The van der Waals surface area contributed by atoms with Crippen LogP contribution in [0.15, 0.2) is 54.2 Å². The van der Waals surface area contributed by atoms with Gasteiger partial charge in [0.1, 0.15) is 11.6 Å². The van der Waals surface area contributed by atoms with Crippen LogP contribution < -0.4 is 16.4 Å². The van der Waals surface area contributed by atoms with Crippen LogP contribution in [0.3, 0.4) is 0 Å². The van der Waals surface area contributed by atoms with Gasteiger partial charge in [-0.1, -0.05) is 11.6 Å². The molecule has 0 saturated heterocycles. The lowest BCUT2D eigenvalue weighted by Gasteiger charge is -2.06. The number of amides is 1. The summed E-state index contributed by atoms with van der Waals surface area (Å²) in [6, 6.07) is 11.8. The van der Waals surface area contributed by atoms with Crippen LogP contribution >= 0.6 is 11.6 Å². The second-order valence-corrected chi connectivity index (χ2v) is 5.22. The normalized spacial score (nSPS) is 10.6. The number of nitrogens with one attached hydrogen (secondary N) is 2. The van der Waals surface area contributed by atoms with Gasteiger partial charge in [0.05, 0.1) is 15.6 Å². The molecule has 0 unspecified atom stereocenters. The van der Waals surface area contributed by atoms with Crippen LogP contribution in [0.4, 0.5) is 22.7 Å². The predicted molar refractivity (Wildman–Crippen MR) is 94.9 cm³/mol. The molecule has 0 aliphatic carbocycles. The molecule has 0 atom stereocenters. The van der Waals surface area contributed by atoms with Crippen molar-refractivity contribution in [3.8, 4) is 6.07 Å². The van der Waals surface area contributed by atoms with Gasteiger partial charge in [0, 0.05) is 29.7 Å². The number of nitrogens with zero attached hydrogens (tertiary/aromatic N) is 2. The summed E-state index contributed by atoms with van der Waals surface area (Å²) >= 11 is 5.87. The van der Waals surface area contributed by atoms with Gasteiger partial charge < -0.3 is 16.4 Å². The van der Waals surface area contributed by atoms with Gasteiger partial charge in [-0.05, 0) is 30.3 Å². The Morgan fingerprint density at radius 1 is 1.24 bits per heavy atom. The Balaban J connectivity index is 2.08. The number of benzene rings is 2. The lowest BCUT2D eigenvalue weighted by Crippen LogP contribution is -2.14. The highest BCUT2D eigenvalue weighted by Crippen LogP contribution is 2.23. The van der Waals surface area contributed by atoms with Crippen molar-refractivity contribution < 1.29 is 9.72 Å². The quantitative estimate of drug-likeness (QED) is 0.247. The Morgan fingerprint density at radius 2 is 1.88 bits per heavy atom. The number of hydrogen-bond donors (Lipinski definition) is 3. The van der Waals surface area contributed by atoms with Crippen molar-refractivity contribution in [1.82, 2.24) is 0 Å². The number of nitrogens with two attached hydrogens (primary N) is 1. The molecule has 0 aromatic heterocycles.